The van der Waals surface area contributed by atoms with Gasteiger partial charge in [-0.1, -0.05) is 19.8 Å². The number of ether oxygens (including phenoxy) is 1. The zero-order valence-corrected chi connectivity index (χ0v) is 6.60. The van der Waals surface area contributed by atoms with Gasteiger partial charge in [0.05, 0.1) is 0 Å². The molecule has 0 spiro atoms. The van der Waals surface area contributed by atoms with Crippen LogP contribution in [-0.4, -0.2) is 19.5 Å². The summed E-state index contributed by atoms with van der Waals surface area (Å²) in [6.45, 7) is 3.98. The molecule has 0 atom stereocenters. The first-order valence-corrected chi connectivity index (χ1v) is 3.20. The Labute approximate surface area is 61.6 Å². The van der Waals surface area contributed by atoms with Gasteiger partial charge in [-0.15, -0.1) is 0 Å². The molecule has 0 saturated heterocycles. The van der Waals surface area contributed by atoms with Gasteiger partial charge in [0.15, 0.2) is 0 Å². The van der Waals surface area contributed by atoms with E-state index in [-0.39, 0.29) is 11.7 Å². The Morgan fingerprint density at radius 1 is 1.60 bits per heavy atom. The molecule has 0 radical (unpaired) electrons. The predicted molar refractivity (Wildman–Crippen MR) is 39.5 cm³/mol. The van der Waals surface area contributed by atoms with Crippen LogP contribution >= 0.6 is 0 Å². The monoisotopic (exact) mass is 140 g/mol. The molecular formula is C8H12O2. The van der Waals surface area contributed by atoms with E-state index < -0.39 is 0 Å². The second-order valence-electron chi connectivity index (χ2n) is 2.25. The van der Waals surface area contributed by atoms with Crippen molar-refractivity contribution in [3.8, 4) is 11.8 Å². The molecule has 0 heterocycles. The molecule has 2 nitrogen and oxygen atoms in total. The third-order valence-corrected chi connectivity index (χ3v) is 0.952. The van der Waals surface area contributed by atoms with Gasteiger partial charge < -0.3 is 4.74 Å². The van der Waals surface area contributed by atoms with E-state index in [4.69, 9.17) is 0 Å². The molecule has 0 aromatic rings. The lowest BCUT2D eigenvalue weighted by Crippen LogP contribution is -2.03. The van der Waals surface area contributed by atoms with Gasteiger partial charge in [0.1, 0.15) is 6.61 Å². The summed E-state index contributed by atoms with van der Waals surface area (Å²) in [6, 6.07) is 0. The first-order chi connectivity index (χ1) is 4.68. The zero-order chi connectivity index (χ0) is 7.98. The number of methoxy groups -OCH3 is 1. The average Bonchev–Trinajstić information content (AvgIpc) is 1.88. The Morgan fingerprint density at radius 2 is 2.20 bits per heavy atom. The molecule has 10 heavy (non-hydrogen) atoms. The van der Waals surface area contributed by atoms with Crippen LogP contribution in [0.3, 0.4) is 0 Å². The molecule has 0 aromatic heterocycles. The Bertz CT molecular complexity index is 160. The molecule has 0 aliphatic carbocycles. The maximum atomic E-state index is 10.8. The minimum Gasteiger partial charge on any atom is -0.372 e. The molecule has 0 rings (SSSR count). The number of carbonyl (C=O) groups is 1. The molecular weight excluding hydrogens is 128 g/mol. The molecule has 2 heteroatoms. The molecule has 0 saturated carbocycles. The fourth-order valence-electron chi connectivity index (χ4n) is 0.340. The summed E-state index contributed by atoms with van der Waals surface area (Å²) in [5.74, 6) is 5.04. The van der Waals surface area contributed by atoms with Crippen LogP contribution in [0.1, 0.15) is 13.8 Å². The summed E-state index contributed by atoms with van der Waals surface area (Å²) >= 11 is 0. The molecule has 0 aromatic carbocycles. The number of carbonyl (C=O) groups excluding carboxylic acids is 1. The van der Waals surface area contributed by atoms with Crippen LogP contribution in [0.4, 0.5) is 0 Å². The summed E-state index contributed by atoms with van der Waals surface area (Å²) in [5, 5.41) is 0. The first kappa shape index (κ1) is 9.19. The van der Waals surface area contributed by atoms with Gasteiger partial charge in [0, 0.05) is 13.0 Å². The van der Waals surface area contributed by atoms with Crippen LogP contribution in [0.25, 0.3) is 0 Å². The SMILES string of the molecule is COCC#CC(=O)C(C)C. The highest BCUT2D eigenvalue weighted by Gasteiger charge is 2.00. The minimum absolute atomic E-state index is 0.00403. The standard InChI is InChI=1S/C8H12O2/c1-7(2)8(9)5-4-6-10-3/h7H,6H2,1-3H3. The Morgan fingerprint density at radius 3 is 2.60 bits per heavy atom. The average molecular weight is 140 g/mol. The lowest BCUT2D eigenvalue weighted by molar-refractivity contribution is -0.116. The van der Waals surface area contributed by atoms with Crippen molar-refractivity contribution < 1.29 is 9.53 Å². The molecule has 0 unspecified atom stereocenters. The van der Waals surface area contributed by atoms with Gasteiger partial charge in [-0.2, -0.15) is 0 Å². The van der Waals surface area contributed by atoms with E-state index in [1.165, 1.54) is 0 Å². The summed E-state index contributed by atoms with van der Waals surface area (Å²) in [4.78, 5) is 10.8. The number of ketones is 1. The lowest BCUT2D eigenvalue weighted by atomic mass is 10.1. The summed E-state index contributed by atoms with van der Waals surface area (Å²) in [6.07, 6.45) is 0. The molecule has 0 aliphatic heterocycles. The number of rotatable bonds is 2. The highest BCUT2D eigenvalue weighted by atomic mass is 16.5. The smallest absolute Gasteiger partial charge is 0.208 e. The van der Waals surface area contributed by atoms with Crippen molar-refractivity contribution in [1.29, 1.82) is 0 Å². The Hall–Kier alpha value is -0.810. The maximum absolute atomic E-state index is 10.8. The second kappa shape index (κ2) is 5.01. The quantitative estimate of drug-likeness (QED) is 0.420. The van der Waals surface area contributed by atoms with Crippen molar-refractivity contribution in [3.63, 3.8) is 0 Å². The van der Waals surface area contributed by atoms with Crippen LogP contribution in [0.2, 0.25) is 0 Å². The largest absolute Gasteiger partial charge is 0.372 e. The van der Waals surface area contributed by atoms with Gasteiger partial charge in [-0.25, -0.2) is 0 Å². The van der Waals surface area contributed by atoms with Crippen molar-refractivity contribution in [2.45, 2.75) is 13.8 Å². The first-order valence-electron chi connectivity index (χ1n) is 3.20. The molecule has 0 amide bonds. The lowest BCUT2D eigenvalue weighted by Gasteiger charge is -1.91. The van der Waals surface area contributed by atoms with Gasteiger partial charge in [0.25, 0.3) is 0 Å². The minimum atomic E-state index is -0.0305. The predicted octanol–water partition coefficient (Wildman–Crippen LogP) is 0.861. The highest BCUT2D eigenvalue weighted by Crippen LogP contribution is 1.90. The maximum Gasteiger partial charge on any atom is 0.208 e. The van der Waals surface area contributed by atoms with Gasteiger partial charge in [-0.05, 0) is 5.92 Å². The zero-order valence-electron chi connectivity index (χ0n) is 6.60. The van der Waals surface area contributed by atoms with Gasteiger partial charge in [-0.3, -0.25) is 4.79 Å². The molecule has 0 fully saturated rings. The van der Waals surface area contributed by atoms with E-state index >= 15 is 0 Å². The third kappa shape index (κ3) is 4.11. The van der Waals surface area contributed by atoms with Crippen LogP contribution in [-0.2, 0) is 9.53 Å². The van der Waals surface area contributed by atoms with E-state index in [1.807, 2.05) is 13.8 Å². The summed E-state index contributed by atoms with van der Waals surface area (Å²) < 4.78 is 4.65. The van der Waals surface area contributed by atoms with Crippen molar-refractivity contribution in [1.82, 2.24) is 0 Å². The van der Waals surface area contributed by atoms with Crippen LogP contribution in [0, 0.1) is 17.8 Å². The van der Waals surface area contributed by atoms with Crippen molar-refractivity contribution >= 4 is 5.78 Å². The topological polar surface area (TPSA) is 26.3 Å². The molecule has 0 N–H and O–H groups in total. The van der Waals surface area contributed by atoms with E-state index in [0.29, 0.717) is 6.61 Å². The van der Waals surface area contributed by atoms with Gasteiger partial charge in [0.2, 0.25) is 5.78 Å². The third-order valence-electron chi connectivity index (χ3n) is 0.952. The molecule has 0 bridgehead atoms. The Kier molecular flexibility index (Phi) is 4.61. The molecule has 56 valence electrons. The highest BCUT2D eigenvalue weighted by molar-refractivity contribution is 5.96. The van der Waals surface area contributed by atoms with Crippen molar-refractivity contribution in [3.05, 3.63) is 0 Å². The normalized spacial score (nSPS) is 8.80. The van der Waals surface area contributed by atoms with Crippen molar-refractivity contribution in [2.24, 2.45) is 5.92 Å². The van der Waals surface area contributed by atoms with Crippen LogP contribution < -0.4 is 0 Å². The van der Waals surface area contributed by atoms with Crippen molar-refractivity contribution in [2.75, 3.05) is 13.7 Å². The molecule has 0 aliphatic rings. The number of Topliss-reactive ketones (excluding diaryl/α,β-unsaturated/α-hetero) is 1. The van der Waals surface area contributed by atoms with E-state index in [2.05, 4.69) is 16.6 Å². The van der Waals surface area contributed by atoms with Crippen LogP contribution in [0.15, 0.2) is 0 Å². The van der Waals surface area contributed by atoms with E-state index in [0.717, 1.165) is 0 Å². The Balaban J connectivity index is 3.69. The van der Waals surface area contributed by atoms with E-state index in [1.54, 1.807) is 7.11 Å². The summed E-state index contributed by atoms with van der Waals surface area (Å²) in [5.41, 5.74) is 0. The van der Waals surface area contributed by atoms with E-state index in [9.17, 15) is 4.79 Å². The second-order valence-corrected chi connectivity index (χ2v) is 2.25. The fraction of sp³-hybridized carbons (Fsp3) is 0.625. The number of hydrogen-bond acceptors (Lipinski definition) is 2. The number of hydrogen-bond donors (Lipinski definition) is 0. The fourth-order valence-corrected chi connectivity index (χ4v) is 0.340. The van der Waals surface area contributed by atoms with Crippen LogP contribution in [0.5, 0.6) is 0 Å². The van der Waals surface area contributed by atoms with Gasteiger partial charge >= 0.3 is 0 Å². The summed E-state index contributed by atoms with van der Waals surface area (Å²) in [7, 11) is 1.55.